The van der Waals surface area contributed by atoms with E-state index in [1.807, 2.05) is 60.8 Å². The lowest BCUT2D eigenvalue weighted by atomic mass is 9.84. The zero-order chi connectivity index (χ0) is 41.0. The molecule has 8 aromatic carbocycles. The summed E-state index contributed by atoms with van der Waals surface area (Å²) in [5.74, 6) is 0. The van der Waals surface area contributed by atoms with Gasteiger partial charge in [-0.2, -0.15) is 0 Å². The van der Waals surface area contributed by atoms with Gasteiger partial charge >= 0.3 is 0 Å². The topological polar surface area (TPSA) is 17.8 Å². The quantitative estimate of drug-likeness (QED) is 0.177. The van der Waals surface area contributed by atoms with Crippen LogP contribution in [0.15, 0.2) is 182 Å². The van der Waals surface area contributed by atoms with Crippen molar-refractivity contribution in [3.8, 4) is 39.1 Å². The van der Waals surface area contributed by atoms with Crippen molar-refractivity contribution in [1.82, 2.24) is 9.55 Å². The molecule has 0 bridgehead atoms. The van der Waals surface area contributed by atoms with Gasteiger partial charge in [-0.25, -0.2) is 0 Å². The van der Waals surface area contributed by atoms with E-state index in [2.05, 4.69) is 39.9 Å². The van der Waals surface area contributed by atoms with Crippen LogP contribution in [0.25, 0.3) is 93.2 Å². The Hall–Kier alpha value is -6.51. The van der Waals surface area contributed by atoms with Crippen LogP contribution in [0.5, 0.6) is 0 Å². The molecule has 0 spiro atoms. The van der Waals surface area contributed by atoms with E-state index in [4.69, 9.17) is 13.7 Å². The van der Waals surface area contributed by atoms with Crippen molar-refractivity contribution in [3.05, 3.63) is 182 Å². The standard InChI is InChI=1S/C47H30N2/c1-4-14-31(15-5-1)45-36-21-11-12-22-37(36)46(32-16-6-2-7-17-32)41-28-33(24-25-38(41)45)40-29-42-43-30-48-27-26-44(43)49(34-18-8-3-9-19-34)47(42)39-23-13-10-20-35(39)40/h1-30H/i1D,2D,4D,5D,6D,7D,14D,15D,16D,17D. The van der Waals surface area contributed by atoms with E-state index in [0.29, 0.717) is 32.7 Å². The number of benzene rings is 8. The van der Waals surface area contributed by atoms with Gasteiger partial charge in [-0.05, 0) is 90.6 Å². The second-order valence-electron chi connectivity index (χ2n) is 12.0. The van der Waals surface area contributed by atoms with Crippen molar-refractivity contribution in [1.29, 1.82) is 0 Å². The SMILES string of the molecule is [2H]c1c([2H])c([2H])c(-c2c3ccccc3c(-c3c([2H])c([2H])c([2H])c([2H])c3[2H])c3cc(-c4cc5c6cnccc6n(-c6ccccc6)c5c5ccccc45)ccc23)c([2H])c1[2H]. The maximum Gasteiger partial charge on any atom is 0.0629 e. The molecule has 49 heavy (non-hydrogen) atoms. The first-order valence-electron chi connectivity index (χ1n) is 21.0. The molecular weight excluding hydrogens is 593 g/mol. The Morgan fingerprint density at radius 2 is 1.04 bits per heavy atom. The van der Waals surface area contributed by atoms with Crippen LogP contribution in [0.3, 0.4) is 0 Å². The molecular formula is C47H30N2. The van der Waals surface area contributed by atoms with Gasteiger partial charge in [-0.15, -0.1) is 0 Å². The number of hydrogen-bond acceptors (Lipinski definition) is 1. The second kappa shape index (κ2) is 11.0. The first-order chi connectivity index (χ1) is 28.5. The van der Waals surface area contributed by atoms with Crippen molar-refractivity contribution < 1.29 is 13.7 Å². The van der Waals surface area contributed by atoms with Gasteiger partial charge < -0.3 is 4.57 Å². The molecule has 0 N–H and O–H groups in total. The molecule has 2 heterocycles. The van der Waals surface area contributed by atoms with Crippen LogP contribution in [-0.2, 0) is 0 Å². The molecule has 0 atom stereocenters. The van der Waals surface area contributed by atoms with Crippen LogP contribution >= 0.6 is 0 Å². The maximum atomic E-state index is 9.14. The summed E-state index contributed by atoms with van der Waals surface area (Å²) in [6, 6.07) is 30.8. The molecule has 228 valence electrons. The van der Waals surface area contributed by atoms with Crippen molar-refractivity contribution in [2.45, 2.75) is 0 Å². The summed E-state index contributed by atoms with van der Waals surface area (Å²) in [6.45, 7) is 0. The zero-order valence-electron chi connectivity index (χ0n) is 35.9. The molecule has 0 aliphatic heterocycles. The van der Waals surface area contributed by atoms with Gasteiger partial charge in [-0.1, -0.05) is 139 Å². The van der Waals surface area contributed by atoms with Crippen LogP contribution in [0.4, 0.5) is 0 Å². The van der Waals surface area contributed by atoms with Gasteiger partial charge in [0, 0.05) is 34.2 Å². The highest BCUT2D eigenvalue weighted by Gasteiger charge is 2.20. The van der Waals surface area contributed by atoms with Gasteiger partial charge in [0.05, 0.1) is 24.7 Å². The molecule has 2 nitrogen and oxygen atoms in total. The number of pyridine rings is 1. The van der Waals surface area contributed by atoms with E-state index in [1.54, 1.807) is 30.5 Å². The number of aromatic nitrogens is 2. The van der Waals surface area contributed by atoms with E-state index in [1.165, 1.54) is 0 Å². The fourth-order valence-corrected chi connectivity index (χ4v) is 7.43. The Morgan fingerprint density at radius 3 is 1.73 bits per heavy atom. The molecule has 0 aliphatic rings. The minimum Gasteiger partial charge on any atom is -0.309 e. The van der Waals surface area contributed by atoms with Gasteiger partial charge in [0.1, 0.15) is 0 Å². The summed E-state index contributed by atoms with van der Waals surface area (Å²) in [7, 11) is 0. The third-order valence-corrected chi connectivity index (χ3v) is 9.42. The Kier molecular flexibility index (Phi) is 4.36. The number of nitrogens with zero attached hydrogens (tertiary/aromatic N) is 2. The lowest BCUT2D eigenvalue weighted by molar-refractivity contribution is 1.18. The maximum absolute atomic E-state index is 9.14. The Bertz CT molecular complexity index is 3390. The Labute approximate surface area is 298 Å². The van der Waals surface area contributed by atoms with Gasteiger partial charge in [0.25, 0.3) is 0 Å². The van der Waals surface area contributed by atoms with Crippen LogP contribution in [0.2, 0.25) is 0 Å². The number of para-hydroxylation sites is 1. The van der Waals surface area contributed by atoms with Crippen molar-refractivity contribution >= 4 is 54.1 Å². The monoisotopic (exact) mass is 632 g/mol. The Morgan fingerprint density at radius 1 is 0.449 bits per heavy atom. The van der Waals surface area contributed by atoms with E-state index in [9.17, 15) is 0 Å². The highest BCUT2D eigenvalue weighted by Crippen LogP contribution is 2.46. The van der Waals surface area contributed by atoms with E-state index in [-0.39, 0.29) is 35.3 Å². The highest BCUT2D eigenvalue weighted by molar-refractivity contribution is 6.24. The molecule has 0 saturated carbocycles. The molecule has 0 radical (unpaired) electrons. The molecule has 10 rings (SSSR count). The summed E-state index contributed by atoms with van der Waals surface area (Å²) in [4.78, 5) is 4.51. The van der Waals surface area contributed by atoms with Crippen molar-refractivity contribution in [2.24, 2.45) is 0 Å². The summed E-state index contributed by atoms with van der Waals surface area (Å²) in [6.07, 6.45) is 3.65. The Balaban J connectivity index is 1.39. The minimum atomic E-state index is -0.516. The lowest BCUT2D eigenvalue weighted by Crippen LogP contribution is -1.95. The van der Waals surface area contributed by atoms with E-state index in [0.717, 1.165) is 49.4 Å². The van der Waals surface area contributed by atoms with Gasteiger partial charge in [0.15, 0.2) is 0 Å². The van der Waals surface area contributed by atoms with E-state index < -0.39 is 36.3 Å². The largest absolute Gasteiger partial charge is 0.309 e. The first kappa shape index (κ1) is 19.3. The molecule has 0 aliphatic carbocycles. The summed E-state index contributed by atoms with van der Waals surface area (Å²) in [5.41, 5.74) is 5.39. The number of rotatable bonds is 4. The summed E-state index contributed by atoms with van der Waals surface area (Å²) < 4.78 is 89.8. The van der Waals surface area contributed by atoms with Crippen LogP contribution < -0.4 is 0 Å². The average Bonchev–Trinajstić information content (AvgIpc) is 3.61. The fourth-order valence-electron chi connectivity index (χ4n) is 7.43. The summed E-state index contributed by atoms with van der Waals surface area (Å²) in [5, 5.41) is 5.83. The highest BCUT2D eigenvalue weighted by atomic mass is 15.0. The third kappa shape index (κ3) is 4.24. The smallest absolute Gasteiger partial charge is 0.0629 e. The van der Waals surface area contributed by atoms with Crippen LogP contribution in [0, 0.1) is 0 Å². The predicted octanol–water partition coefficient (Wildman–Crippen LogP) is 12.6. The third-order valence-electron chi connectivity index (χ3n) is 9.42. The predicted molar refractivity (Wildman–Crippen MR) is 207 cm³/mol. The average molecular weight is 633 g/mol. The molecule has 2 aromatic heterocycles. The normalized spacial score (nSPS) is 14.5. The van der Waals surface area contributed by atoms with Crippen LogP contribution in [-0.4, -0.2) is 9.55 Å². The summed E-state index contributed by atoms with van der Waals surface area (Å²) >= 11 is 0. The minimum absolute atomic E-state index is 0.000669. The van der Waals surface area contributed by atoms with E-state index >= 15 is 0 Å². The number of fused-ring (bicyclic) bond motifs is 7. The van der Waals surface area contributed by atoms with Gasteiger partial charge in [0.2, 0.25) is 0 Å². The molecule has 0 fully saturated rings. The van der Waals surface area contributed by atoms with Crippen molar-refractivity contribution in [2.75, 3.05) is 0 Å². The van der Waals surface area contributed by atoms with Crippen molar-refractivity contribution in [3.63, 3.8) is 0 Å². The molecule has 10 aromatic rings. The molecule has 0 amide bonds. The van der Waals surface area contributed by atoms with Gasteiger partial charge in [-0.3, -0.25) is 4.98 Å². The lowest BCUT2D eigenvalue weighted by Gasteiger charge is -2.19. The number of hydrogen-bond donors (Lipinski definition) is 0. The fraction of sp³-hybridized carbons (Fsp3) is 0. The zero-order valence-corrected chi connectivity index (χ0v) is 25.9. The van der Waals surface area contributed by atoms with Crippen LogP contribution in [0.1, 0.15) is 13.7 Å². The molecule has 0 unspecified atom stereocenters. The first-order valence-corrected chi connectivity index (χ1v) is 16.0. The molecule has 0 saturated heterocycles. The second-order valence-corrected chi connectivity index (χ2v) is 12.0. The molecule has 2 heteroatoms.